The minimum Gasteiger partial charge on any atom is -0.491 e. The molecule has 1 aliphatic heterocycles. The molecule has 0 aromatic heterocycles. The van der Waals surface area contributed by atoms with Gasteiger partial charge in [0.05, 0.1) is 20.4 Å². The molecule has 1 heterocycles. The van der Waals surface area contributed by atoms with Gasteiger partial charge in [-0.3, -0.25) is 14.5 Å². The molecule has 2 amide bonds. The van der Waals surface area contributed by atoms with Crippen molar-refractivity contribution in [2.45, 2.75) is 26.7 Å². The van der Waals surface area contributed by atoms with Gasteiger partial charge in [-0.15, -0.1) is 0 Å². The molecule has 1 aliphatic rings. The second-order valence-corrected chi connectivity index (χ2v) is 10.5. The molecule has 0 radical (unpaired) electrons. The fraction of sp³-hybridized carbons (Fsp3) is 0.280. The number of halogens is 2. The van der Waals surface area contributed by atoms with E-state index >= 15 is 0 Å². The van der Waals surface area contributed by atoms with Gasteiger partial charge in [-0.25, -0.2) is 0 Å². The van der Waals surface area contributed by atoms with Crippen molar-refractivity contribution < 1.29 is 19.1 Å². The second kappa shape index (κ2) is 11.4. The van der Waals surface area contributed by atoms with E-state index in [1.807, 2.05) is 25.1 Å². The van der Waals surface area contributed by atoms with E-state index < -0.39 is 0 Å². The molecule has 5 nitrogen and oxygen atoms in total. The Balaban J connectivity index is 1.69. The van der Waals surface area contributed by atoms with Crippen LogP contribution in [-0.2, 0) is 4.79 Å². The molecule has 1 saturated heterocycles. The van der Waals surface area contributed by atoms with Crippen molar-refractivity contribution in [3.8, 4) is 11.5 Å². The summed E-state index contributed by atoms with van der Waals surface area (Å²) in [6, 6.07) is 9.78. The molecule has 0 saturated carbocycles. The summed E-state index contributed by atoms with van der Waals surface area (Å²) in [5.74, 6) is 1.43. The molecular formula is C25H25Br2NO4S. The van der Waals surface area contributed by atoms with Gasteiger partial charge in [-0.1, -0.05) is 38.6 Å². The van der Waals surface area contributed by atoms with Crippen LogP contribution in [0.25, 0.3) is 6.08 Å². The smallest absolute Gasteiger partial charge is 0.293 e. The largest absolute Gasteiger partial charge is 0.491 e. The highest BCUT2D eigenvalue weighted by molar-refractivity contribution is 9.11. The summed E-state index contributed by atoms with van der Waals surface area (Å²) in [6.45, 7) is 10.7. The number of carbonyl (C=O) groups is 2. The SMILES string of the molecule is C=CCOc1c(Br)cc(/C=C2\SC(=O)N(CCOc3cc(C)ccc3C(C)C)C2=O)cc1Br. The van der Waals surface area contributed by atoms with E-state index in [-0.39, 0.29) is 24.3 Å². The lowest BCUT2D eigenvalue weighted by Gasteiger charge is -2.17. The lowest BCUT2D eigenvalue weighted by Crippen LogP contribution is -2.32. The highest BCUT2D eigenvalue weighted by Gasteiger charge is 2.35. The maximum Gasteiger partial charge on any atom is 0.293 e. The van der Waals surface area contributed by atoms with E-state index in [9.17, 15) is 9.59 Å². The van der Waals surface area contributed by atoms with Crippen LogP contribution in [0.3, 0.4) is 0 Å². The van der Waals surface area contributed by atoms with Gasteiger partial charge in [0.2, 0.25) is 0 Å². The Morgan fingerprint density at radius 1 is 1.12 bits per heavy atom. The maximum absolute atomic E-state index is 12.9. The second-order valence-electron chi connectivity index (χ2n) is 7.79. The zero-order valence-corrected chi connectivity index (χ0v) is 22.7. The van der Waals surface area contributed by atoms with Crippen molar-refractivity contribution in [3.05, 3.63) is 73.5 Å². The first-order valence-electron chi connectivity index (χ1n) is 10.4. The van der Waals surface area contributed by atoms with Crippen molar-refractivity contribution >= 4 is 60.8 Å². The summed E-state index contributed by atoms with van der Waals surface area (Å²) in [5.41, 5.74) is 2.97. The molecule has 8 heteroatoms. The average Bonchev–Trinajstić information content (AvgIpc) is 3.00. The maximum atomic E-state index is 12.9. The van der Waals surface area contributed by atoms with E-state index in [0.29, 0.717) is 23.2 Å². The molecular weight excluding hydrogens is 570 g/mol. The molecule has 0 N–H and O–H groups in total. The summed E-state index contributed by atoms with van der Waals surface area (Å²) in [7, 11) is 0. The molecule has 0 atom stereocenters. The van der Waals surface area contributed by atoms with Crippen LogP contribution in [0.2, 0.25) is 0 Å². The average molecular weight is 595 g/mol. The summed E-state index contributed by atoms with van der Waals surface area (Å²) < 4.78 is 13.1. The number of ether oxygens (including phenoxy) is 2. The van der Waals surface area contributed by atoms with Crippen molar-refractivity contribution in [1.29, 1.82) is 0 Å². The summed E-state index contributed by atoms with van der Waals surface area (Å²) in [6.07, 6.45) is 3.37. The van der Waals surface area contributed by atoms with Crippen molar-refractivity contribution in [3.63, 3.8) is 0 Å². The summed E-state index contributed by atoms with van der Waals surface area (Å²) in [5, 5.41) is -0.299. The van der Waals surface area contributed by atoms with Gasteiger partial charge in [-0.2, -0.15) is 0 Å². The van der Waals surface area contributed by atoms with Gasteiger partial charge < -0.3 is 9.47 Å². The number of aryl methyl sites for hydroxylation is 1. The van der Waals surface area contributed by atoms with Gasteiger partial charge in [-0.05, 0) is 97.4 Å². The molecule has 3 rings (SSSR count). The third-order valence-electron chi connectivity index (χ3n) is 4.90. The quantitative estimate of drug-likeness (QED) is 0.225. The Morgan fingerprint density at radius 2 is 1.82 bits per heavy atom. The van der Waals surface area contributed by atoms with Crippen LogP contribution in [0, 0.1) is 6.92 Å². The van der Waals surface area contributed by atoms with Crippen LogP contribution in [0.4, 0.5) is 4.79 Å². The number of hydrogen-bond donors (Lipinski definition) is 0. The van der Waals surface area contributed by atoms with Crippen molar-refractivity contribution in [2.24, 2.45) is 0 Å². The number of carbonyl (C=O) groups excluding carboxylic acids is 2. The predicted molar refractivity (Wildman–Crippen MR) is 141 cm³/mol. The Kier molecular flexibility index (Phi) is 8.84. The van der Waals surface area contributed by atoms with Crippen molar-refractivity contribution in [2.75, 3.05) is 19.8 Å². The summed E-state index contributed by atoms with van der Waals surface area (Å²) in [4.78, 5) is 27.0. The normalized spacial score (nSPS) is 15.0. The first kappa shape index (κ1) is 25.6. The topological polar surface area (TPSA) is 55.8 Å². The van der Waals surface area contributed by atoms with Crippen LogP contribution in [0.5, 0.6) is 11.5 Å². The Hall–Kier alpha value is -2.03. The number of nitrogens with zero attached hydrogens (tertiary/aromatic N) is 1. The molecule has 0 spiro atoms. The molecule has 33 heavy (non-hydrogen) atoms. The summed E-state index contributed by atoms with van der Waals surface area (Å²) >= 11 is 7.91. The number of thioether (sulfide) groups is 1. The molecule has 0 unspecified atom stereocenters. The van der Waals surface area contributed by atoms with E-state index in [1.165, 1.54) is 4.90 Å². The van der Waals surface area contributed by atoms with Gasteiger partial charge in [0, 0.05) is 0 Å². The van der Waals surface area contributed by atoms with E-state index in [0.717, 1.165) is 43.1 Å². The highest BCUT2D eigenvalue weighted by Crippen LogP contribution is 2.38. The monoisotopic (exact) mass is 593 g/mol. The predicted octanol–water partition coefficient (Wildman–Crippen LogP) is 7.32. The molecule has 2 aromatic carbocycles. The Bertz CT molecular complexity index is 1090. The lowest BCUT2D eigenvalue weighted by molar-refractivity contribution is -0.123. The minimum atomic E-state index is -0.318. The molecule has 0 aliphatic carbocycles. The molecule has 0 bridgehead atoms. The zero-order valence-electron chi connectivity index (χ0n) is 18.7. The van der Waals surface area contributed by atoms with E-state index in [2.05, 4.69) is 64.4 Å². The van der Waals surface area contributed by atoms with E-state index in [1.54, 1.807) is 12.2 Å². The molecule has 2 aromatic rings. The number of imide groups is 1. The molecule has 174 valence electrons. The fourth-order valence-corrected chi connectivity index (χ4v) is 5.59. The third kappa shape index (κ3) is 6.31. The highest BCUT2D eigenvalue weighted by atomic mass is 79.9. The minimum absolute atomic E-state index is 0.190. The van der Waals surface area contributed by atoms with E-state index in [4.69, 9.17) is 9.47 Å². The number of rotatable bonds is 9. The number of benzene rings is 2. The first-order chi connectivity index (χ1) is 15.7. The first-order valence-corrected chi connectivity index (χ1v) is 12.8. The third-order valence-corrected chi connectivity index (χ3v) is 6.99. The van der Waals surface area contributed by atoms with Crippen LogP contribution >= 0.6 is 43.6 Å². The fourth-order valence-electron chi connectivity index (χ4n) is 3.28. The Labute approximate surface area is 215 Å². The standard InChI is InChI=1S/C25H25Br2NO4S/c1-5-9-32-23-19(26)12-17(13-20(23)27)14-22-24(29)28(25(30)33-22)8-10-31-21-11-16(4)6-7-18(21)15(2)3/h5-7,11-15H,1,8-10H2,2-4H3/b22-14-. The van der Waals surface area contributed by atoms with Crippen LogP contribution in [0.15, 0.2) is 56.8 Å². The van der Waals surface area contributed by atoms with Crippen LogP contribution in [0.1, 0.15) is 36.5 Å². The Morgan fingerprint density at radius 3 is 2.45 bits per heavy atom. The number of hydrogen-bond acceptors (Lipinski definition) is 5. The lowest BCUT2D eigenvalue weighted by atomic mass is 10.0. The van der Waals surface area contributed by atoms with Gasteiger partial charge in [0.1, 0.15) is 24.7 Å². The van der Waals surface area contributed by atoms with Crippen LogP contribution < -0.4 is 9.47 Å². The van der Waals surface area contributed by atoms with Gasteiger partial charge in [0.25, 0.3) is 11.1 Å². The molecule has 1 fully saturated rings. The number of amides is 2. The zero-order chi connectivity index (χ0) is 24.1. The van der Waals surface area contributed by atoms with Gasteiger partial charge in [0.15, 0.2) is 0 Å². The van der Waals surface area contributed by atoms with Gasteiger partial charge >= 0.3 is 0 Å². The van der Waals surface area contributed by atoms with Crippen LogP contribution in [-0.4, -0.2) is 35.8 Å². The van der Waals surface area contributed by atoms with Crippen molar-refractivity contribution in [1.82, 2.24) is 4.90 Å².